The lowest BCUT2D eigenvalue weighted by atomic mass is 10.3. The van der Waals surface area contributed by atoms with Gasteiger partial charge in [-0.05, 0) is 24.6 Å². The molecular formula is C16H30O4S2. The highest BCUT2D eigenvalue weighted by Crippen LogP contribution is 2.24. The van der Waals surface area contributed by atoms with Gasteiger partial charge >= 0.3 is 0 Å². The van der Waals surface area contributed by atoms with E-state index in [-0.39, 0.29) is 0 Å². The average molecular weight is 351 g/mol. The van der Waals surface area contributed by atoms with Gasteiger partial charge in [-0.15, -0.1) is 0 Å². The maximum atomic E-state index is 5.01. The number of hydrogen-bond acceptors (Lipinski definition) is 6. The first-order valence-electron chi connectivity index (χ1n) is 6.84. The fourth-order valence-corrected chi connectivity index (χ4v) is 2.45. The van der Waals surface area contributed by atoms with Crippen LogP contribution in [0.4, 0.5) is 0 Å². The number of methoxy groups -OCH3 is 4. The number of benzene rings is 1. The van der Waals surface area contributed by atoms with Gasteiger partial charge in [-0.1, -0.05) is 12.1 Å². The van der Waals surface area contributed by atoms with Crippen molar-refractivity contribution in [2.75, 3.05) is 65.7 Å². The van der Waals surface area contributed by atoms with Crippen LogP contribution in [-0.2, 0) is 9.47 Å². The van der Waals surface area contributed by atoms with Gasteiger partial charge in [0, 0.05) is 25.7 Å². The second-order valence-electron chi connectivity index (χ2n) is 3.83. The summed E-state index contributed by atoms with van der Waals surface area (Å²) in [5.41, 5.74) is 0. The van der Waals surface area contributed by atoms with Gasteiger partial charge in [0.05, 0.1) is 27.4 Å². The lowest BCUT2D eigenvalue weighted by Crippen LogP contribution is -1.96. The van der Waals surface area contributed by atoms with E-state index in [0.717, 1.165) is 11.5 Å². The standard InChI is InChI=1S/C8H10O2.C4H10O2.C4H10S2/c1-9-7-5-3-4-6-8(7)10-2;2*1-5-3-4-6-2/h3-6H,1-2H3;2*3-4H2,1-2H3. The molecule has 4 nitrogen and oxygen atoms in total. The molecule has 0 saturated heterocycles. The first-order chi connectivity index (χ1) is 10.7. The number of thioether (sulfide) groups is 2. The van der Waals surface area contributed by atoms with Crippen molar-refractivity contribution in [3.63, 3.8) is 0 Å². The molecule has 0 N–H and O–H groups in total. The van der Waals surface area contributed by atoms with E-state index in [9.17, 15) is 0 Å². The molecule has 0 aromatic heterocycles. The second kappa shape index (κ2) is 20.4. The van der Waals surface area contributed by atoms with Gasteiger partial charge in [0.2, 0.25) is 0 Å². The highest BCUT2D eigenvalue weighted by atomic mass is 32.2. The summed E-state index contributed by atoms with van der Waals surface area (Å²) < 4.78 is 19.3. The van der Waals surface area contributed by atoms with Crippen LogP contribution in [0.25, 0.3) is 0 Å². The van der Waals surface area contributed by atoms with Crippen LogP contribution in [-0.4, -0.2) is 65.7 Å². The molecule has 0 amide bonds. The predicted molar refractivity (Wildman–Crippen MR) is 100 cm³/mol. The molecule has 0 radical (unpaired) electrons. The summed E-state index contributed by atoms with van der Waals surface area (Å²) in [6.45, 7) is 1.38. The summed E-state index contributed by atoms with van der Waals surface area (Å²) in [5.74, 6) is 4.12. The van der Waals surface area contributed by atoms with E-state index in [4.69, 9.17) is 9.47 Å². The Labute approximate surface area is 144 Å². The number of hydrogen-bond donors (Lipinski definition) is 0. The molecular weight excluding hydrogens is 320 g/mol. The molecule has 130 valence electrons. The first-order valence-corrected chi connectivity index (χ1v) is 9.63. The van der Waals surface area contributed by atoms with Crippen molar-refractivity contribution in [1.29, 1.82) is 0 Å². The third kappa shape index (κ3) is 15.8. The van der Waals surface area contributed by atoms with E-state index in [2.05, 4.69) is 22.0 Å². The first kappa shape index (κ1) is 23.7. The van der Waals surface area contributed by atoms with Crippen LogP contribution >= 0.6 is 23.5 Å². The van der Waals surface area contributed by atoms with Crippen molar-refractivity contribution in [1.82, 2.24) is 0 Å². The molecule has 0 saturated carbocycles. The van der Waals surface area contributed by atoms with Crippen molar-refractivity contribution < 1.29 is 18.9 Å². The van der Waals surface area contributed by atoms with Crippen molar-refractivity contribution in [3.8, 4) is 11.5 Å². The monoisotopic (exact) mass is 350 g/mol. The van der Waals surface area contributed by atoms with Crippen LogP contribution in [0.5, 0.6) is 11.5 Å². The maximum Gasteiger partial charge on any atom is 0.160 e. The molecule has 0 bridgehead atoms. The van der Waals surface area contributed by atoms with Gasteiger partial charge in [0.1, 0.15) is 0 Å². The van der Waals surface area contributed by atoms with Crippen LogP contribution in [0.3, 0.4) is 0 Å². The van der Waals surface area contributed by atoms with Crippen molar-refractivity contribution in [3.05, 3.63) is 24.3 Å². The van der Waals surface area contributed by atoms with E-state index < -0.39 is 0 Å². The maximum absolute atomic E-state index is 5.01. The minimum atomic E-state index is 0.691. The molecule has 1 aromatic carbocycles. The molecule has 0 aliphatic rings. The molecule has 0 spiro atoms. The quantitative estimate of drug-likeness (QED) is 0.666. The van der Waals surface area contributed by atoms with Gasteiger partial charge in [0.25, 0.3) is 0 Å². The summed E-state index contributed by atoms with van der Waals surface area (Å²) in [6.07, 6.45) is 4.27. The lowest BCUT2D eigenvalue weighted by molar-refractivity contribution is 0.103. The van der Waals surface area contributed by atoms with Gasteiger partial charge in [0.15, 0.2) is 11.5 Å². The Hall–Kier alpha value is -0.560. The summed E-state index contributed by atoms with van der Waals surface area (Å²) in [4.78, 5) is 0. The van der Waals surface area contributed by atoms with E-state index in [1.807, 2.05) is 47.8 Å². The second-order valence-corrected chi connectivity index (χ2v) is 5.80. The molecule has 0 heterocycles. The minimum absolute atomic E-state index is 0.691. The molecule has 0 atom stereocenters. The molecule has 6 heteroatoms. The third-order valence-electron chi connectivity index (χ3n) is 2.27. The highest BCUT2D eigenvalue weighted by molar-refractivity contribution is 8.02. The molecule has 1 aromatic rings. The Balaban J connectivity index is 0. The minimum Gasteiger partial charge on any atom is -0.493 e. The zero-order chi connectivity index (χ0) is 17.1. The Bertz CT molecular complexity index is 286. The third-order valence-corrected chi connectivity index (χ3v) is 3.76. The van der Waals surface area contributed by atoms with Crippen LogP contribution in [0.2, 0.25) is 0 Å². The van der Waals surface area contributed by atoms with Crippen molar-refractivity contribution in [2.24, 2.45) is 0 Å². The Morgan fingerprint density at radius 2 is 1.09 bits per heavy atom. The molecule has 22 heavy (non-hydrogen) atoms. The van der Waals surface area contributed by atoms with E-state index >= 15 is 0 Å². The topological polar surface area (TPSA) is 36.9 Å². The lowest BCUT2D eigenvalue weighted by Gasteiger charge is -2.04. The zero-order valence-corrected chi connectivity index (χ0v) is 16.2. The van der Waals surface area contributed by atoms with E-state index in [0.29, 0.717) is 13.2 Å². The van der Waals surface area contributed by atoms with Crippen LogP contribution in [0.1, 0.15) is 0 Å². The smallest absolute Gasteiger partial charge is 0.160 e. The van der Waals surface area contributed by atoms with Crippen LogP contribution in [0, 0.1) is 0 Å². The van der Waals surface area contributed by atoms with E-state index in [1.165, 1.54) is 11.5 Å². The van der Waals surface area contributed by atoms with Crippen molar-refractivity contribution in [2.45, 2.75) is 0 Å². The molecule has 0 aliphatic carbocycles. The molecule has 1 rings (SSSR count). The van der Waals surface area contributed by atoms with Gasteiger partial charge in [-0.25, -0.2) is 0 Å². The largest absolute Gasteiger partial charge is 0.493 e. The Morgan fingerprint density at radius 1 is 0.727 bits per heavy atom. The van der Waals surface area contributed by atoms with E-state index in [1.54, 1.807) is 28.4 Å². The predicted octanol–water partition coefficient (Wildman–Crippen LogP) is 3.70. The summed E-state index contributed by atoms with van der Waals surface area (Å²) in [5, 5.41) is 0. The van der Waals surface area contributed by atoms with Crippen LogP contribution in [0.15, 0.2) is 24.3 Å². The SMILES string of the molecule is COCCOC.COc1ccccc1OC.CSCCSC. The highest BCUT2D eigenvalue weighted by Gasteiger charge is 1.97. The van der Waals surface area contributed by atoms with Gasteiger partial charge in [-0.3, -0.25) is 0 Å². The van der Waals surface area contributed by atoms with Gasteiger partial charge in [-0.2, -0.15) is 23.5 Å². The Morgan fingerprint density at radius 3 is 1.32 bits per heavy atom. The molecule has 0 aliphatic heterocycles. The van der Waals surface area contributed by atoms with Gasteiger partial charge < -0.3 is 18.9 Å². The fourth-order valence-electron chi connectivity index (χ4n) is 1.12. The summed E-state index contributed by atoms with van der Waals surface area (Å²) >= 11 is 3.81. The summed E-state index contributed by atoms with van der Waals surface area (Å²) in [7, 11) is 6.55. The normalized spacial score (nSPS) is 9.00. The number of rotatable bonds is 8. The number of ether oxygens (including phenoxy) is 4. The molecule has 0 fully saturated rings. The van der Waals surface area contributed by atoms with Crippen LogP contribution < -0.4 is 9.47 Å². The van der Waals surface area contributed by atoms with Crippen molar-refractivity contribution >= 4 is 23.5 Å². The Kier molecular flexibility index (Phi) is 22.0. The fraction of sp³-hybridized carbons (Fsp3) is 0.625. The average Bonchev–Trinajstić information content (AvgIpc) is 2.59. The number of para-hydroxylation sites is 2. The zero-order valence-electron chi connectivity index (χ0n) is 14.6. The summed E-state index contributed by atoms with van der Waals surface area (Å²) in [6, 6.07) is 7.53. The molecule has 0 unspecified atom stereocenters.